The highest BCUT2D eigenvalue weighted by molar-refractivity contribution is 7.47. The molecule has 0 spiro atoms. The molecule has 0 aromatic carbocycles. The minimum atomic E-state index is -4.95. The van der Waals surface area contributed by atoms with Crippen LogP contribution in [-0.4, -0.2) is 96.7 Å². The fourth-order valence-electron chi connectivity index (χ4n) is 11.0. The average molecular weight is 1350 g/mol. The topological polar surface area (TPSA) is 237 Å². The third kappa shape index (κ3) is 65.4. The van der Waals surface area contributed by atoms with E-state index < -0.39 is 97.5 Å². The van der Waals surface area contributed by atoms with Crippen molar-refractivity contribution in [3.05, 3.63) is 0 Å². The second kappa shape index (κ2) is 62.6. The Balaban J connectivity index is 5.19. The number of rotatable bonds is 70. The Bertz CT molecular complexity index is 1820. The molecule has 0 aliphatic rings. The maximum atomic E-state index is 13.0. The van der Waals surface area contributed by atoms with Crippen molar-refractivity contribution in [3.63, 3.8) is 0 Å². The molecule has 0 saturated carbocycles. The van der Waals surface area contributed by atoms with Gasteiger partial charge in [-0.2, -0.15) is 0 Å². The molecule has 3 N–H and O–H groups in total. The van der Waals surface area contributed by atoms with Crippen LogP contribution < -0.4 is 0 Å². The number of hydrogen-bond acceptors (Lipinski definition) is 15. The van der Waals surface area contributed by atoms with Crippen molar-refractivity contribution >= 4 is 39.5 Å². The normalized spacial score (nSPS) is 14.5. The first-order valence-electron chi connectivity index (χ1n) is 37.7. The Morgan fingerprint density at radius 2 is 0.522 bits per heavy atom. The SMILES string of the molecule is CCC(C)CCCCCCCCCCCCCCCCC(=O)O[C@H](COC(=O)CCCCCCCCCC(C)C)COP(=O)(O)OCC(O)COP(=O)(O)OC[C@@H](COC(=O)CCCCCCCCCCCCCCC(C)C)OC(=O)CCCCCCCCC(C)C. The molecular weight excluding hydrogens is 1210 g/mol. The third-order valence-electron chi connectivity index (χ3n) is 17.2. The Hall–Kier alpha value is -1.94. The number of phosphoric ester groups is 2. The zero-order valence-electron chi connectivity index (χ0n) is 60.2. The number of unbranched alkanes of at least 4 members (excludes halogenated alkanes) is 35. The van der Waals surface area contributed by atoms with Gasteiger partial charge in [0.1, 0.15) is 19.3 Å². The number of carbonyl (C=O) groups excluding carboxylic acids is 4. The molecular formula is C73H142O17P2. The van der Waals surface area contributed by atoms with Gasteiger partial charge in [-0.25, -0.2) is 9.13 Å². The summed E-state index contributed by atoms with van der Waals surface area (Å²) in [6, 6.07) is 0. The van der Waals surface area contributed by atoms with Crippen molar-refractivity contribution in [1.82, 2.24) is 0 Å². The second-order valence-corrected chi connectivity index (χ2v) is 30.9. The van der Waals surface area contributed by atoms with Crippen molar-refractivity contribution in [2.45, 2.75) is 382 Å². The standard InChI is InChI=1S/C73H142O17P2/c1-9-66(8)52-44-36-27-21-17-12-10-11-13-19-23-29-39-47-55-72(77)89-68(59-84-71(76)54-46-38-30-24-26-34-42-50-64(4)5)61-87-91(79,80)85-57-67(74)58-86-92(81,82)88-62-69(90-73(78)56-48-40-32-31-35-43-51-65(6)7)60-83-70(75)53-45-37-28-22-18-15-14-16-20-25-33-41-49-63(2)3/h63-69,74H,9-62H2,1-8H3,(H,79,80)(H,81,82)/t66?,67?,68-,69-/m1/s1. The molecule has 0 aromatic heterocycles. The molecule has 0 rings (SSSR count). The number of esters is 4. The molecule has 0 heterocycles. The molecule has 92 heavy (non-hydrogen) atoms. The molecule has 17 nitrogen and oxygen atoms in total. The first kappa shape index (κ1) is 90.1. The average Bonchev–Trinajstić information content (AvgIpc) is 2.17. The number of phosphoric acid groups is 2. The van der Waals surface area contributed by atoms with E-state index in [9.17, 15) is 43.2 Å². The quantitative estimate of drug-likeness (QED) is 0.0222. The highest BCUT2D eigenvalue weighted by Crippen LogP contribution is 2.45. The van der Waals surface area contributed by atoms with Crippen LogP contribution in [0.15, 0.2) is 0 Å². The molecule has 0 aromatic rings. The summed E-state index contributed by atoms with van der Waals surface area (Å²) in [5.41, 5.74) is 0. The van der Waals surface area contributed by atoms with Crippen LogP contribution in [0.5, 0.6) is 0 Å². The maximum absolute atomic E-state index is 13.0. The Kier molecular flexibility index (Phi) is 61.3. The van der Waals surface area contributed by atoms with E-state index in [1.807, 2.05) is 0 Å². The number of hydrogen-bond donors (Lipinski definition) is 3. The van der Waals surface area contributed by atoms with E-state index >= 15 is 0 Å². The Labute approximate surface area is 562 Å². The first-order valence-corrected chi connectivity index (χ1v) is 40.7. The predicted octanol–water partition coefficient (Wildman–Crippen LogP) is 20.9. The number of ether oxygens (including phenoxy) is 4. The summed E-state index contributed by atoms with van der Waals surface area (Å²) in [6.45, 7) is 14.1. The van der Waals surface area contributed by atoms with Crippen molar-refractivity contribution in [2.24, 2.45) is 23.7 Å². The lowest BCUT2D eigenvalue weighted by Crippen LogP contribution is -2.30. The van der Waals surface area contributed by atoms with E-state index in [1.165, 1.54) is 161 Å². The minimum Gasteiger partial charge on any atom is -0.462 e. The van der Waals surface area contributed by atoms with Crippen molar-refractivity contribution in [2.75, 3.05) is 39.6 Å². The van der Waals surface area contributed by atoms with Gasteiger partial charge in [-0.05, 0) is 49.4 Å². The zero-order chi connectivity index (χ0) is 68.2. The summed E-state index contributed by atoms with van der Waals surface area (Å²) in [5, 5.41) is 10.6. The van der Waals surface area contributed by atoms with Gasteiger partial charge >= 0.3 is 39.5 Å². The van der Waals surface area contributed by atoms with Gasteiger partial charge in [0.2, 0.25) is 0 Å². The van der Waals surface area contributed by atoms with E-state index in [0.717, 1.165) is 108 Å². The first-order chi connectivity index (χ1) is 44.1. The molecule has 0 aliphatic heterocycles. The molecule has 0 amide bonds. The molecule has 546 valence electrons. The summed E-state index contributed by atoms with van der Waals surface area (Å²) in [6.07, 6.45) is 46.0. The monoisotopic (exact) mass is 1350 g/mol. The van der Waals surface area contributed by atoms with Crippen LogP contribution in [0.1, 0.15) is 364 Å². The highest BCUT2D eigenvalue weighted by atomic mass is 31.2. The molecule has 0 fully saturated rings. The van der Waals surface area contributed by atoms with Crippen molar-refractivity contribution in [1.29, 1.82) is 0 Å². The van der Waals surface area contributed by atoms with Crippen LogP contribution in [0.4, 0.5) is 0 Å². The lowest BCUT2D eigenvalue weighted by atomic mass is 9.99. The smallest absolute Gasteiger partial charge is 0.462 e. The van der Waals surface area contributed by atoms with Gasteiger partial charge in [-0.1, -0.05) is 312 Å². The number of aliphatic hydroxyl groups is 1. The van der Waals surface area contributed by atoms with Gasteiger partial charge in [0, 0.05) is 25.7 Å². The van der Waals surface area contributed by atoms with E-state index in [0.29, 0.717) is 37.5 Å². The molecule has 19 heteroatoms. The molecule has 0 aliphatic carbocycles. The van der Waals surface area contributed by atoms with Crippen LogP contribution >= 0.6 is 15.6 Å². The van der Waals surface area contributed by atoms with E-state index in [1.54, 1.807) is 0 Å². The predicted molar refractivity (Wildman–Crippen MR) is 372 cm³/mol. The summed E-state index contributed by atoms with van der Waals surface area (Å²) in [4.78, 5) is 72.6. The van der Waals surface area contributed by atoms with Crippen LogP contribution in [0.2, 0.25) is 0 Å². The number of aliphatic hydroxyl groups excluding tert-OH is 1. The van der Waals surface area contributed by atoms with Gasteiger partial charge in [0.25, 0.3) is 0 Å². The van der Waals surface area contributed by atoms with Gasteiger partial charge < -0.3 is 33.8 Å². The molecule has 4 unspecified atom stereocenters. The zero-order valence-corrected chi connectivity index (χ0v) is 62.0. The minimum absolute atomic E-state index is 0.102. The lowest BCUT2D eigenvalue weighted by molar-refractivity contribution is -0.161. The van der Waals surface area contributed by atoms with Crippen LogP contribution in [0, 0.1) is 23.7 Å². The largest absolute Gasteiger partial charge is 0.472 e. The number of carbonyl (C=O) groups is 4. The Morgan fingerprint density at radius 3 is 0.772 bits per heavy atom. The van der Waals surface area contributed by atoms with E-state index in [4.69, 9.17) is 37.0 Å². The van der Waals surface area contributed by atoms with Gasteiger partial charge in [-0.15, -0.1) is 0 Å². The second-order valence-electron chi connectivity index (χ2n) is 28.0. The van der Waals surface area contributed by atoms with Gasteiger partial charge in [0.05, 0.1) is 26.4 Å². The molecule has 6 atom stereocenters. The van der Waals surface area contributed by atoms with E-state index in [2.05, 4.69) is 55.4 Å². The summed E-state index contributed by atoms with van der Waals surface area (Å²) in [5.74, 6) is 0.872. The fraction of sp³-hybridized carbons (Fsp3) is 0.945. The Morgan fingerprint density at radius 1 is 0.304 bits per heavy atom. The summed E-state index contributed by atoms with van der Waals surface area (Å²) >= 11 is 0. The lowest BCUT2D eigenvalue weighted by Gasteiger charge is -2.21. The third-order valence-corrected chi connectivity index (χ3v) is 19.1. The van der Waals surface area contributed by atoms with E-state index in [-0.39, 0.29) is 25.7 Å². The molecule has 0 radical (unpaired) electrons. The maximum Gasteiger partial charge on any atom is 0.472 e. The van der Waals surface area contributed by atoms with Crippen LogP contribution in [0.25, 0.3) is 0 Å². The molecule has 0 saturated heterocycles. The van der Waals surface area contributed by atoms with Crippen LogP contribution in [-0.2, 0) is 65.4 Å². The van der Waals surface area contributed by atoms with Crippen molar-refractivity contribution < 1.29 is 80.2 Å². The van der Waals surface area contributed by atoms with Crippen molar-refractivity contribution in [3.8, 4) is 0 Å². The van der Waals surface area contributed by atoms with Crippen LogP contribution in [0.3, 0.4) is 0 Å². The summed E-state index contributed by atoms with van der Waals surface area (Å²) < 4.78 is 68.3. The highest BCUT2D eigenvalue weighted by Gasteiger charge is 2.30. The van der Waals surface area contributed by atoms with Gasteiger partial charge in [-0.3, -0.25) is 37.3 Å². The summed E-state index contributed by atoms with van der Waals surface area (Å²) in [7, 11) is -9.91. The molecule has 0 bridgehead atoms. The van der Waals surface area contributed by atoms with Gasteiger partial charge in [0.15, 0.2) is 12.2 Å². The fourth-order valence-corrected chi connectivity index (χ4v) is 12.6.